The van der Waals surface area contributed by atoms with Crippen LogP contribution in [0.2, 0.25) is 0 Å². The van der Waals surface area contributed by atoms with Crippen molar-refractivity contribution in [2.24, 2.45) is 0 Å². The van der Waals surface area contributed by atoms with E-state index in [0.29, 0.717) is 12.1 Å². The number of halogens is 1. The number of rotatable bonds is 5. The monoisotopic (exact) mass is 349 g/mol. The Bertz CT molecular complexity index is 553. The molecule has 0 saturated heterocycles. The van der Waals surface area contributed by atoms with Crippen LogP contribution < -0.4 is 5.32 Å². The normalized spacial score (nSPS) is 14.0. The number of hydrogen-bond donors (Lipinski definition) is 1. The number of benzene rings is 2. The van der Waals surface area contributed by atoms with Gasteiger partial charge in [-0.05, 0) is 55.5 Å². The van der Waals surface area contributed by atoms with Crippen LogP contribution in [0.1, 0.15) is 37.1 Å². The van der Waals surface area contributed by atoms with Crippen molar-refractivity contribution in [1.82, 2.24) is 5.32 Å². The zero-order valence-corrected chi connectivity index (χ0v) is 14.5. The molecule has 0 aliphatic rings. The van der Waals surface area contributed by atoms with Crippen molar-refractivity contribution >= 4 is 27.7 Å². The predicted octanol–water partition coefficient (Wildman–Crippen LogP) is 5.58. The maximum atomic E-state index is 3.65. The Balaban J connectivity index is 2.04. The molecule has 2 rings (SSSR count). The van der Waals surface area contributed by atoms with E-state index in [1.807, 2.05) is 0 Å². The smallest absolute Gasteiger partial charge is 0.0297 e. The molecule has 106 valence electrons. The SMILES string of the molecule is CSc1ccc(C(C)NC(C)c2cccc(Br)c2)cc1. The molecule has 0 saturated carbocycles. The summed E-state index contributed by atoms with van der Waals surface area (Å²) in [7, 11) is 0. The summed E-state index contributed by atoms with van der Waals surface area (Å²) in [5, 5.41) is 3.65. The standard InChI is InChI=1S/C17H20BrNS/c1-12(14-7-9-17(20-3)10-8-14)19-13(2)15-5-4-6-16(18)11-15/h4-13,19H,1-3H3. The van der Waals surface area contributed by atoms with Gasteiger partial charge in [-0.3, -0.25) is 0 Å². The third kappa shape index (κ3) is 4.11. The van der Waals surface area contributed by atoms with E-state index in [2.05, 4.69) is 89.9 Å². The first-order valence-electron chi connectivity index (χ1n) is 6.75. The van der Waals surface area contributed by atoms with E-state index >= 15 is 0 Å². The first-order valence-corrected chi connectivity index (χ1v) is 8.77. The lowest BCUT2D eigenvalue weighted by atomic mass is 10.0. The molecule has 20 heavy (non-hydrogen) atoms. The highest BCUT2D eigenvalue weighted by atomic mass is 79.9. The molecule has 1 nitrogen and oxygen atoms in total. The van der Waals surface area contributed by atoms with E-state index in [0.717, 1.165) is 4.47 Å². The fourth-order valence-electron chi connectivity index (χ4n) is 2.24. The van der Waals surface area contributed by atoms with Crippen molar-refractivity contribution in [3.05, 3.63) is 64.1 Å². The van der Waals surface area contributed by atoms with Crippen molar-refractivity contribution in [2.75, 3.05) is 6.26 Å². The van der Waals surface area contributed by atoms with Crippen LogP contribution in [0.5, 0.6) is 0 Å². The summed E-state index contributed by atoms with van der Waals surface area (Å²) in [4.78, 5) is 1.31. The summed E-state index contributed by atoms with van der Waals surface area (Å²) in [5.74, 6) is 0. The third-order valence-corrected chi connectivity index (χ3v) is 4.70. The molecule has 0 spiro atoms. The minimum absolute atomic E-state index is 0.322. The van der Waals surface area contributed by atoms with Gasteiger partial charge in [0.1, 0.15) is 0 Å². The van der Waals surface area contributed by atoms with Crippen molar-refractivity contribution in [1.29, 1.82) is 0 Å². The van der Waals surface area contributed by atoms with E-state index < -0.39 is 0 Å². The molecule has 0 aliphatic carbocycles. The minimum Gasteiger partial charge on any atom is -0.304 e. The minimum atomic E-state index is 0.322. The molecular formula is C17H20BrNS. The molecule has 2 atom stereocenters. The Morgan fingerprint density at radius 3 is 2.20 bits per heavy atom. The van der Waals surface area contributed by atoms with E-state index in [4.69, 9.17) is 0 Å². The molecule has 1 N–H and O–H groups in total. The Morgan fingerprint density at radius 1 is 0.950 bits per heavy atom. The molecule has 0 fully saturated rings. The fourth-order valence-corrected chi connectivity index (χ4v) is 3.06. The third-order valence-electron chi connectivity index (χ3n) is 3.46. The molecule has 0 heterocycles. The number of nitrogens with one attached hydrogen (secondary N) is 1. The highest BCUT2D eigenvalue weighted by Gasteiger charge is 2.11. The molecule has 2 aromatic carbocycles. The summed E-state index contributed by atoms with van der Waals surface area (Å²) in [6.45, 7) is 4.41. The molecule has 3 heteroatoms. The lowest BCUT2D eigenvalue weighted by Gasteiger charge is -2.21. The van der Waals surface area contributed by atoms with Gasteiger partial charge in [0, 0.05) is 21.5 Å². The summed E-state index contributed by atoms with van der Waals surface area (Å²) < 4.78 is 1.13. The van der Waals surface area contributed by atoms with Crippen LogP contribution in [0.15, 0.2) is 57.9 Å². The van der Waals surface area contributed by atoms with Gasteiger partial charge >= 0.3 is 0 Å². The predicted molar refractivity (Wildman–Crippen MR) is 92.3 cm³/mol. The van der Waals surface area contributed by atoms with Crippen LogP contribution in [0, 0.1) is 0 Å². The van der Waals surface area contributed by atoms with Gasteiger partial charge in [-0.25, -0.2) is 0 Å². The second-order valence-electron chi connectivity index (χ2n) is 4.94. The Labute approximate surface area is 134 Å². The van der Waals surface area contributed by atoms with Gasteiger partial charge in [0.25, 0.3) is 0 Å². The van der Waals surface area contributed by atoms with Crippen LogP contribution in [0.4, 0.5) is 0 Å². The van der Waals surface area contributed by atoms with Gasteiger partial charge in [-0.1, -0.05) is 40.2 Å². The second-order valence-corrected chi connectivity index (χ2v) is 6.73. The van der Waals surface area contributed by atoms with E-state index in [-0.39, 0.29) is 0 Å². The summed E-state index contributed by atoms with van der Waals surface area (Å²) >= 11 is 5.30. The lowest BCUT2D eigenvalue weighted by molar-refractivity contribution is 0.494. The van der Waals surface area contributed by atoms with Gasteiger partial charge < -0.3 is 5.32 Å². The summed E-state index contributed by atoms with van der Waals surface area (Å²) in [6, 6.07) is 17.9. The largest absolute Gasteiger partial charge is 0.304 e. The Morgan fingerprint density at radius 2 is 1.60 bits per heavy atom. The van der Waals surface area contributed by atoms with E-state index in [1.54, 1.807) is 11.8 Å². The van der Waals surface area contributed by atoms with Crippen LogP contribution in [0.25, 0.3) is 0 Å². The fraction of sp³-hybridized carbons (Fsp3) is 0.294. The molecule has 2 unspecified atom stereocenters. The van der Waals surface area contributed by atoms with Crippen molar-refractivity contribution in [3.8, 4) is 0 Å². The zero-order chi connectivity index (χ0) is 14.5. The Kier molecular flexibility index (Phi) is 5.70. The van der Waals surface area contributed by atoms with Crippen molar-refractivity contribution < 1.29 is 0 Å². The highest BCUT2D eigenvalue weighted by Crippen LogP contribution is 2.23. The highest BCUT2D eigenvalue weighted by molar-refractivity contribution is 9.10. The van der Waals surface area contributed by atoms with Gasteiger partial charge in [0.2, 0.25) is 0 Å². The van der Waals surface area contributed by atoms with Gasteiger partial charge in [-0.2, -0.15) is 0 Å². The first-order chi connectivity index (χ1) is 9.60. The molecule has 0 radical (unpaired) electrons. The summed E-state index contributed by atoms with van der Waals surface area (Å²) in [6.07, 6.45) is 2.10. The zero-order valence-electron chi connectivity index (χ0n) is 12.1. The van der Waals surface area contributed by atoms with Crippen LogP contribution in [0.3, 0.4) is 0 Å². The molecule has 0 bridgehead atoms. The van der Waals surface area contributed by atoms with Crippen LogP contribution >= 0.6 is 27.7 Å². The average Bonchev–Trinajstić information content (AvgIpc) is 2.47. The quantitative estimate of drug-likeness (QED) is 0.706. The average molecular weight is 350 g/mol. The van der Waals surface area contributed by atoms with Gasteiger partial charge in [0.15, 0.2) is 0 Å². The molecule has 2 aromatic rings. The second kappa shape index (κ2) is 7.30. The Hall–Kier alpha value is -0.770. The van der Waals surface area contributed by atoms with Gasteiger partial charge in [0.05, 0.1) is 0 Å². The molecule has 0 aliphatic heterocycles. The van der Waals surface area contributed by atoms with E-state index in [9.17, 15) is 0 Å². The molecular weight excluding hydrogens is 330 g/mol. The molecule has 0 amide bonds. The molecule has 0 aromatic heterocycles. The van der Waals surface area contributed by atoms with Crippen molar-refractivity contribution in [3.63, 3.8) is 0 Å². The van der Waals surface area contributed by atoms with E-state index in [1.165, 1.54) is 16.0 Å². The first kappa shape index (κ1) is 15.6. The van der Waals surface area contributed by atoms with Crippen LogP contribution in [-0.2, 0) is 0 Å². The topological polar surface area (TPSA) is 12.0 Å². The van der Waals surface area contributed by atoms with Crippen LogP contribution in [-0.4, -0.2) is 6.26 Å². The maximum Gasteiger partial charge on any atom is 0.0297 e. The van der Waals surface area contributed by atoms with Crippen molar-refractivity contribution in [2.45, 2.75) is 30.8 Å². The maximum absolute atomic E-state index is 3.65. The van der Waals surface area contributed by atoms with Gasteiger partial charge in [-0.15, -0.1) is 11.8 Å². The lowest BCUT2D eigenvalue weighted by Crippen LogP contribution is -2.22. The number of thioether (sulfide) groups is 1. The summed E-state index contributed by atoms with van der Waals surface area (Å²) in [5.41, 5.74) is 2.62. The number of hydrogen-bond acceptors (Lipinski definition) is 2.